The fraction of sp³-hybridized carbons (Fsp3) is 0.385. The summed E-state index contributed by atoms with van der Waals surface area (Å²) in [6.07, 6.45) is -0.223. The number of halogens is 2. The van der Waals surface area contributed by atoms with Crippen molar-refractivity contribution in [2.75, 3.05) is 19.7 Å². The first kappa shape index (κ1) is 15.7. The standard InChI is InChI=1S/C13H14FN3O3.ClH/c14-9-2-1-3-10(6-9)19-8-12-16-13(20-17-12)11-7-15-4-5-18-11;/h1-3,6,11,15H,4-5,7-8H2;1H. The van der Waals surface area contributed by atoms with Gasteiger partial charge in [-0.15, -0.1) is 12.4 Å². The molecule has 0 radical (unpaired) electrons. The van der Waals surface area contributed by atoms with Gasteiger partial charge in [-0.2, -0.15) is 4.98 Å². The maximum Gasteiger partial charge on any atom is 0.257 e. The van der Waals surface area contributed by atoms with E-state index < -0.39 is 0 Å². The van der Waals surface area contributed by atoms with Gasteiger partial charge in [-0.3, -0.25) is 0 Å². The normalized spacial score (nSPS) is 18.0. The highest BCUT2D eigenvalue weighted by molar-refractivity contribution is 5.85. The van der Waals surface area contributed by atoms with Crippen LogP contribution in [0.2, 0.25) is 0 Å². The van der Waals surface area contributed by atoms with Gasteiger partial charge in [0.2, 0.25) is 5.82 Å². The molecule has 1 fully saturated rings. The molecular formula is C13H15ClFN3O3. The van der Waals surface area contributed by atoms with E-state index in [4.69, 9.17) is 14.0 Å². The minimum Gasteiger partial charge on any atom is -0.485 e. The van der Waals surface area contributed by atoms with Crippen LogP contribution in [0.25, 0.3) is 0 Å². The Kier molecular flexibility index (Phi) is 5.49. The van der Waals surface area contributed by atoms with Gasteiger partial charge >= 0.3 is 0 Å². The largest absolute Gasteiger partial charge is 0.485 e. The molecule has 1 aliphatic rings. The number of ether oxygens (including phenoxy) is 2. The maximum atomic E-state index is 13.0. The summed E-state index contributed by atoms with van der Waals surface area (Å²) >= 11 is 0. The molecule has 0 bridgehead atoms. The molecule has 1 aromatic carbocycles. The van der Waals surface area contributed by atoms with E-state index in [1.54, 1.807) is 12.1 Å². The Bertz CT molecular complexity index is 575. The summed E-state index contributed by atoms with van der Waals surface area (Å²) in [4.78, 5) is 4.21. The zero-order chi connectivity index (χ0) is 13.8. The first-order valence-electron chi connectivity index (χ1n) is 6.34. The van der Waals surface area contributed by atoms with Crippen LogP contribution in [0.3, 0.4) is 0 Å². The van der Waals surface area contributed by atoms with Crippen molar-refractivity contribution in [2.45, 2.75) is 12.7 Å². The van der Waals surface area contributed by atoms with Crippen molar-refractivity contribution in [3.05, 3.63) is 41.8 Å². The Morgan fingerprint density at radius 2 is 2.33 bits per heavy atom. The van der Waals surface area contributed by atoms with Crippen LogP contribution in [0.15, 0.2) is 28.8 Å². The van der Waals surface area contributed by atoms with E-state index in [0.717, 1.165) is 6.54 Å². The van der Waals surface area contributed by atoms with E-state index in [0.29, 0.717) is 30.6 Å². The highest BCUT2D eigenvalue weighted by Gasteiger charge is 2.22. The molecule has 1 saturated heterocycles. The Balaban J connectivity index is 0.00000161. The third-order valence-electron chi connectivity index (χ3n) is 2.85. The number of nitrogens with zero attached hydrogens (tertiary/aromatic N) is 2. The van der Waals surface area contributed by atoms with Gasteiger partial charge in [0.05, 0.1) is 6.61 Å². The summed E-state index contributed by atoms with van der Waals surface area (Å²) < 4.78 is 29.0. The van der Waals surface area contributed by atoms with Crippen molar-refractivity contribution in [3.63, 3.8) is 0 Å². The van der Waals surface area contributed by atoms with Gasteiger partial charge < -0.3 is 19.3 Å². The zero-order valence-electron chi connectivity index (χ0n) is 11.1. The van der Waals surface area contributed by atoms with E-state index >= 15 is 0 Å². The highest BCUT2D eigenvalue weighted by atomic mass is 35.5. The first-order valence-corrected chi connectivity index (χ1v) is 6.34. The Morgan fingerprint density at radius 3 is 3.10 bits per heavy atom. The molecule has 114 valence electrons. The maximum absolute atomic E-state index is 13.0. The van der Waals surface area contributed by atoms with Gasteiger partial charge in [0.15, 0.2) is 6.61 Å². The SMILES string of the molecule is Cl.Fc1cccc(OCc2noc(C3CNCCO3)n2)c1. The van der Waals surface area contributed by atoms with E-state index in [9.17, 15) is 4.39 Å². The topological polar surface area (TPSA) is 69.4 Å². The van der Waals surface area contributed by atoms with Crippen LogP contribution in [-0.2, 0) is 11.3 Å². The van der Waals surface area contributed by atoms with Crippen LogP contribution >= 0.6 is 12.4 Å². The number of aromatic nitrogens is 2. The van der Waals surface area contributed by atoms with Crippen LogP contribution in [0.4, 0.5) is 4.39 Å². The fourth-order valence-corrected chi connectivity index (χ4v) is 1.89. The molecule has 1 unspecified atom stereocenters. The predicted octanol–water partition coefficient (Wildman–Crippen LogP) is 1.87. The average molecular weight is 316 g/mol. The lowest BCUT2D eigenvalue weighted by Gasteiger charge is -2.19. The molecule has 1 N–H and O–H groups in total. The summed E-state index contributed by atoms with van der Waals surface area (Å²) in [5.74, 6) is 0.901. The lowest BCUT2D eigenvalue weighted by atomic mass is 10.3. The number of hydrogen-bond acceptors (Lipinski definition) is 6. The smallest absolute Gasteiger partial charge is 0.257 e. The summed E-state index contributed by atoms with van der Waals surface area (Å²) in [5.41, 5.74) is 0. The molecule has 1 atom stereocenters. The first-order chi connectivity index (χ1) is 9.81. The predicted molar refractivity (Wildman–Crippen MR) is 73.8 cm³/mol. The molecule has 1 aromatic heterocycles. The van der Waals surface area contributed by atoms with Gasteiger partial charge in [-0.05, 0) is 12.1 Å². The quantitative estimate of drug-likeness (QED) is 0.929. The van der Waals surface area contributed by atoms with E-state index in [2.05, 4.69) is 15.5 Å². The zero-order valence-corrected chi connectivity index (χ0v) is 11.9. The molecule has 0 amide bonds. The molecule has 2 heterocycles. The summed E-state index contributed by atoms with van der Waals surface area (Å²) in [6.45, 7) is 2.20. The van der Waals surface area contributed by atoms with Gasteiger partial charge in [0.25, 0.3) is 5.89 Å². The minimum atomic E-state index is -0.349. The lowest BCUT2D eigenvalue weighted by Crippen LogP contribution is -2.33. The Hall–Kier alpha value is -1.70. The second kappa shape index (κ2) is 7.35. The van der Waals surface area contributed by atoms with E-state index in [1.165, 1.54) is 12.1 Å². The molecule has 2 aromatic rings. The number of hydrogen-bond donors (Lipinski definition) is 1. The van der Waals surface area contributed by atoms with Crippen molar-refractivity contribution in [1.29, 1.82) is 0 Å². The lowest BCUT2D eigenvalue weighted by molar-refractivity contribution is 0.00755. The number of benzene rings is 1. The molecule has 1 aliphatic heterocycles. The summed E-state index contributed by atoms with van der Waals surface area (Å²) in [5, 5.41) is 7.00. The van der Waals surface area contributed by atoms with Gasteiger partial charge in [-0.1, -0.05) is 11.2 Å². The molecule has 0 aliphatic carbocycles. The minimum absolute atomic E-state index is 0. The summed E-state index contributed by atoms with van der Waals surface area (Å²) in [6, 6.07) is 5.90. The van der Waals surface area contributed by atoms with Gasteiger partial charge in [-0.25, -0.2) is 4.39 Å². The molecule has 6 nitrogen and oxygen atoms in total. The third-order valence-corrected chi connectivity index (χ3v) is 2.85. The molecule has 3 rings (SSSR count). The molecule has 21 heavy (non-hydrogen) atoms. The second-order valence-electron chi connectivity index (χ2n) is 4.36. The van der Waals surface area contributed by atoms with E-state index in [1.807, 2.05) is 0 Å². The van der Waals surface area contributed by atoms with Crippen LogP contribution < -0.4 is 10.1 Å². The molecular weight excluding hydrogens is 301 g/mol. The van der Waals surface area contributed by atoms with Crippen LogP contribution in [0.5, 0.6) is 5.75 Å². The summed E-state index contributed by atoms with van der Waals surface area (Å²) in [7, 11) is 0. The van der Waals surface area contributed by atoms with Crippen LogP contribution in [0, 0.1) is 5.82 Å². The Labute approximate surface area is 127 Å². The third kappa shape index (κ3) is 4.13. The van der Waals surface area contributed by atoms with Crippen molar-refractivity contribution in [2.24, 2.45) is 0 Å². The van der Waals surface area contributed by atoms with Crippen molar-refractivity contribution in [1.82, 2.24) is 15.5 Å². The highest BCUT2D eigenvalue weighted by Crippen LogP contribution is 2.17. The van der Waals surface area contributed by atoms with E-state index in [-0.39, 0.29) is 30.9 Å². The number of morpholine rings is 1. The molecule has 0 saturated carbocycles. The molecule has 8 heteroatoms. The fourth-order valence-electron chi connectivity index (χ4n) is 1.89. The Morgan fingerprint density at radius 1 is 1.43 bits per heavy atom. The monoisotopic (exact) mass is 315 g/mol. The second-order valence-corrected chi connectivity index (χ2v) is 4.36. The van der Waals surface area contributed by atoms with Crippen molar-refractivity contribution < 1.29 is 18.4 Å². The van der Waals surface area contributed by atoms with Gasteiger partial charge in [0, 0.05) is 19.2 Å². The van der Waals surface area contributed by atoms with Crippen LogP contribution in [0.1, 0.15) is 17.8 Å². The molecule has 0 spiro atoms. The number of rotatable bonds is 4. The van der Waals surface area contributed by atoms with Crippen LogP contribution in [-0.4, -0.2) is 29.8 Å². The number of nitrogens with one attached hydrogen (secondary N) is 1. The van der Waals surface area contributed by atoms with Crippen molar-refractivity contribution >= 4 is 12.4 Å². The average Bonchev–Trinajstić information content (AvgIpc) is 2.95. The van der Waals surface area contributed by atoms with Crippen molar-refractivity contribution in [3.8, 4) is 5.75 Å². The van der Waals surface area contributed by atoms with Gasteiger partial charge in [0.1, 0.15) is 17.7 Å².